The van der Waals surface area contributed by atoms with Crippen LogP contribution in [0.2, 0.25) is 5.02 Å². The van der Waals surface area contributed by atoms with Crippen molar-refractivity contribution in [1.82, 2.24) is 5.32 Å². The first-order chi connectivity index (χ1) is 9.69. The van der Waals surface area contributed by atoms with Crippen LogP contribution in [0.3, 0.4) is 0 Å². The molecule has 20 heavy (non-hydrogen) atoms. The zero-order chi connectivity index (χ0) is 14.5. The Hall–Kier alpha value is -1.30. The van der Waals surface area contributed by atoms with Gasteiger partial charge in [0.15, 0.2) is 0 Å². The molecule has 0 bridgehead atoms. The first kappa shape index (κ1) is 15.1. The number of benzene rings is 1. The molecule has 0 aliphatic carbocycles. The maximum atomic E-state index is 12.1. The molecule has 1 aromatic rings. The van der Waals surface area contributed by atoms with Gasteiger partial charge in [-0.1, -0.05) is 17.7 Å². The van der Waals surface area contributed by atoms with Crippen molar-refractivity contribution in [2.45, 2.75) is 19.6 Å². The summed E-state index contributed by atoms with van der Waals surface area (Å²) in [5.41, 5.74) is 1.44. The number of aliphatic hydroxyl groups excluding tert-OH is 1. The van der Waals surface area contributed by atoms with Crippen LogP contribution in [0.15, 0.2) is 18.2 Å². The van der Waals surface area contributed by atoms with Crippen LogP contribution in [0.5, 0.6) is 0 Å². The molecule has 1 amide bonds. The van der Waals surface area contributed by atoms with Crippen molar-refractivity contribution in [3.05, 3.63) is 28.8 Å². The van der Waals surface area contributed by atoms with Crippen molar-refractivity contribution in [3.8, 4) is 0 Å². The van der Waals surface area contributed by atoms with Crippen LogP contribution in [-0.2, 0) is 16.1 Å². The molecule has 1 aliphatic rings. The largest absolute Gasteiger partial charge is 0.392 e. The van der Waals surface area contributed by atoms with E-state index >= 15 is 0 Å². The Bertz CT molecular complexity index is 481. The zero-order valence-electron chi connectivity index (χ0n) is 11.4. The van der Waals surface area contributed by atoms with E-state index in [0.29, 0.717) is 36.9 Å². The highest BCUT2D eigenvalue weighted by atomic mass is 35.5. The molecular formula is C14H19ClN2O3. The minimum atomic E-state index is -0.396. The lowest BCUT2D eigenvalue weighted by molar-refractivity contribution is -0.124. The second-order valence-corrected chi connectivity index (χ2v) is 4.98. The molecule has 5 nitrogen and oxygen atoms in total. The number of morpholine rings is 1. The summed E-state index contributed by atoms with van der Waals surface area (Å²) >= 11 is 6.12. The standard InChI is InChI=1S/C14H19ClN2O3/c1-2-16-14(19)13-9-20-7-6-17(13)12-5-3-4-11(15)10(12)8-18/h3-5,13,18H,2,6-9H2,1H3,(H,16,19). The highest BCUT2D eigenvalue weighted by Gasteiger charge is 2.30. The second kappa shape index (κ2) is 6.92. The fourth-order valence-corrected chi connectivity index (χ4v) is 2.60. The maximum absolute atomic E-state index is 12.1. The number of halogens is 1. The predicted molar refractivity (Wildman–Crippen MR) is 78.0 cm³/mol. The molecule has 1 aromatic carbocycles. The van der Waals surface area contributed by atoms with Gasteiger partial charge in [0.25, 0.3) is 0 Å². The highest BCUT2D eigenvalue weighted by molar-refractivity contribution is 6.31. The lowest BCUT2D eigenvalue weighted by atomic mass is 10.1. The van der Waals surface area contributed by atoms with Gasteiger partial charge in [-0.05, 0) is 19.1 Å². The molecule has 1 unspecified atom stereocenters. The van der Waals surface area contributed by atoms with Gasteiger partial charge in [0.2, 0.25) is 5.91 Å². The predicted octanol–water partition coefficient (Wildman–Crippen LogP) is 1.17. The first-order valence-corrected chi connectivity index (χ1v) is 7.07. The van der Waals surface area contributed by atoms with Crippen LogP contribution in [0.4, 0.5) is 5.69 Å². The minimum absolute atomic E-state index is 0.0731. The number of aliphatic hydroxyl groups is 1. The summed E-state index contributed by atoms with van der Waals surface area (Å²) in [4.78, 5) is 14.1. The summed E-state index contributed by atoms with van der Waals surface area (Å²) in [6.45, 7) is 3.77. The highest BCUT2D eigenvalue weighted by Crippen LogP contribution is 2.30. The van der Waals surface area contributed by atoms with Crippen molar-refractivity contribution >= 4 is 23.2 Å². The van der Waals surface area contributed by atoms with Gasteiger partial charge in [-0.25, -0.2) is 0 Å². The monoisotopic (exact) mass is 298 g/mol. The Morgan fingerprint density at radius 3 is 3.10 bits per heavy atom. The number of nitrogens with one attached hydrogen (secondary N) is 1. The van der Waals surface area contributed by atoms with Crippen molar-refractivity contribution < 1.29 is 14.6 Å². The number of carbonyl (C=O) groups excluding carboxylic acids is 1. The summed E-state index contributed by atoms with van der Waals surface area (Å²) in [5, 5.41) is 12.8. The second-order valence-electron chi connectivity index (χ2n) is 4.57. The Morgan fingerprint density at radius 1 is 1.60 bits per heavy atom. The normalized spacial score (nSPS) is 18.9. The molecule has 110 valence electrons. The molecule has 2 N–H and O–H groups in total. The molecule has 1 saturated heterocycles. The third kappa shape index (κ3) is 3.06. The zero-order valence-corrected chi connectivity index (χ0v) is 12.2. The van der Waals surface area contributed by atoms with Gasteiger partial charge in [0, 0.05) is 29.4 Å². The molecule has 0 radical (unpaired) electrons. The molecule has 2 rings (SSSR count). The van der Waals surface area contributed by atoms with Gasteiger partial charge < -0.3 is 20.1 Å². The van der Waals surface area contributed by atoms with E-state index in [1.165, 1.54) is 0 Å². The van der Waals surface area contributed by atoms with Crippen molar-refractivity contribution in [3.63, 3.8) is 0 Å². The quantitative estimate of drug-likeness (QED) is 0.876. The first-order valence-electron chi connectivity index (χ1n) is 6.69. The molecule has 0 spiro atoms. The number of nitrogens with zero attached hydrogens (tertiary/aromatic N) is 1. The fourth-order valence-electron chi connectivity index (χ4n) is 2.37. The molecule has 0 aromatic heterocycles. The van der Waals surface area contributed by atoms with Crippen LogP contribution >= 0.6 is 11.6 Å². The number of likely N-dealkylation sites (N-methyl/N-ethyl adjacent to an activating group) is 1. The van der Waals surface area contributed by atoms with E-state index in [1.54, 1.807) is 6.07 Å². The molecule has 1 aliphatic heterocycles. The number of hydrogen-bond acceptors (Lipinski definition) is 4. The number of hydrogen-bond donors (Lipinski definition) is 2. The maximum Gasteiger partial charge on any atom is 0.245 e. The summed E-state index contributed by atoms with van der Waals surface area (Å²) in [6.07, 6.45) is 0. The van der Waals surface area contributed by atoms with E-state index in [-0.39, 0.29) is 12.5 Å². The van der Waals surface area contributed by atoms with E-state index in [4.69, 9.17) is 16.3 Å². The third-order valence-electron chi connectivity index (χ3n) is 3.34. The number of ether oxygens (including phenoxy) is 1. The fraction of sp³-hybridized carbons (Fsp3) is 0.500. The van der Waals surface area contributed by atoms with Gasteiger partial charge in [-0.15, -0.1) is 0 Å². The van der Waals surface area contributed by atoms with Crippen molar-refractivity contribution in [2.75, 3.05) is 31.2 Å². The molecule has 1 atom stereocenters. The molecule has 6 heteroatoms. The Morgan fingerprint density at radius 2 is 2.40 bits per heavy atom. The van der Waals surface area contributed by atoms with E-state index < -0.39 is 6.04 Å². The average molecular weight is 299 g/mol. The Kier molecular flexibility index (Phi) is 5.23. The third-order valence-corrected chi connectivity index (χ3v) is 3.70. The lowest BCUT2D eigenvalue weighted by Gasteiger charge is -2.37. The van der Waals surface area contributed by atoms with E-state index in [2.05, 4.69) is 5.32 Å². The summed E-state index contributed by atoms with van der Waals surface area (Å²) < 4.78 is 5.41. The number of rotatable bonds is 4. The van der Waals surface area contributed by atoms with Gasteiger partial charge in [0.05, 0.1) is 19.8 Å². The van der Waals surface area contributed by atoms with Crippen LogP contribution < -0.4 is 10.2 Å². The number of amides is 1. The Balaban J connectivity index is 2.32. The lowest BCUT2D eigenvalue weighted by Crippen LogP contribution is -2.54. The minimum Gasteiger partial charge on any atom is -0.392 e. The van der Waals surface area contributed by atoms with Crippen LogP contribution in [0.25, 0.3) is 0 Å². The summed E-state index contributed by atoms with van der Waals surface area (Å²) in [7, 11) is 0. The smallest absolute Gasteiger partial charge is 0.245 e. The van der Waals surface area contributed by atoms with Gasteiger partial charge in [-0.2, -0.15) is 0 Å². The van der Waals surface area contributed by atoms with Crippen LogP contribution in [-0.4, -0.2) is 43.4 Å². The molecular weight excluding hydrogens is 280 g/mol. The topological polar surface area (TPSA) is 61.8 Å². The van der Waals surface area contributed by atoms with Gasteiger partial charge in [0.1, 0.15) is 6.04 Å². The summed E-state index contributed by atoms with van der Waals surface area (Å²) in [5.74, 6) is -0.0731. The molecule has 0 saturated carbocycles. The SMILES string of the molecule is CCNC(=O)C1COCCN1c1cccc(Cl)c1CO. The average Bonchev–Trinajstić information content (AvgIpc) is 2.47. The van der Waals surface area contributed by atoms with E-state index in [0.717, 1.165) is 5.69 Å². The van der Waals surface area contributed by atoms with Crippen LogP contribution in [0, 0.1) is 0 Å². The molecule has 1 fully saturated rings. The molecule has 1 heterocycles. The van der Waals surface area contributed by atoms with E-state index in [1.807, 2.05) is 24.0 Å². The van der Waals surface area contributed by atoms with Crippen LogP contribution in [0.1, 0.15) is 12.5 Å². The van der Waals surface area contributed by atoms with Crippen molar-refractivity contribution in [1.29, 1.82) is 0 Å². The summed E-state index contributed by atoms with van der Waals surface area (Å²) in [6, 6.07) is 5.03. The van der Waals surface area contributed by atoms with Gasteiger partial charge >= 0.3 is 0 Å². The number of carbonyl (C=O) groups is 1. The Labute approximate surface area is 123 Å². The van der Waals surface area contributed by atoms with Gasteiger partial charge in [-0.3, -0.25) is 4.79 Å². The van der Waals surface area contributed by atoms with Crippen molar-refractivity contribution in [2.24, 2.45) is 0 Å². The van der Waals surface area contributed by atoms with E-state index in [9.17, 15) is 9.90 Å². The number of anilines is 1.